The van der Waals surface area contributed by atoms with Crippen molar-refractivity contribution < 1.29 is 0 Å². The van der Waals surface area contributed by atoms with Gasteiger partial charge in [-0.3, -0.25) is 9.36 Å². The van der Waals surface area contributed by atoms with Crippen molar-refractivity contribution in [2.75, 3.05) is 24.7 Å². The van der Waals surface area contributed by atoms with Crippen LogP contribution >= 0.6 is 11.8 Å². The molecule has 8 nitrogen and oxygen atoms in total. The first-order chi connectivity index (χ1) is 12.9. The Balaban J connectivity index is 1.75. The molecule has 1 unspecified atom stereocenters. The molecule has 1 aliphatic carbocycles. The van der Waals surface area contributed by atoms with Gasteiger partial charge in [0.15, 0.2) is 5.16 Å². The van der Waals surface area contributed by atoms with Gasteiger partial charge >= 0.3 is 0 Å². The highest BCUT2D eigenvalue weighted by molar-refractivity contribution is 7.99. The molecule has 0 radical (unpaired) electrons. The maximum Gasteiger partial charge on any atom is 0.262 e. The van der Waals surface area contributed by atoms with Gasteiger partial charge in [0, 0.05) is 20.1 Å². The van der Waals surface area contributed by atoms with Crippen LogP contribution in [0.2, 0.25) is 0 Å². The zero-order valence-electron chi connectivity index (χ0n) is 15.5. The molecule has 0 spiro atoms. The van der Waals surface area contributed by atoms with Crippen LogP contribution in [-0.2, 0) is 0 Å². The second-order valence-electron chi connectivity index (χ2n) is 6.82. The topological polar surface area (TPSA) is 103 Å². The number of fused-ring (bicyclic) bond motifs is 1. The van der Waals surface area contributed by atoms with Crippen molar-refractivity contribution in [2.45, 2.75) is 36.2 Å². The van der Waals surface area contributed by atoms with E-state index in [1.54, 1.807) is 4.90 Å². The molecule has 4 rings (SSSR count). The number of nitrogens with two attached hydrogens (primary N) is 1. The lowest BCUT2D eigenvalue weighted by Crippen LogP contribution is -2.23. The van der Waals surface area contributed by atoms with E-state index in [2.05, 4.69) is 15.0 Å². The van der Waals surface area contributed by atoms with E-state index in [0.29, 0.717) is 27.8 Å². The number of nitrogen functional groups attached to an aromatic ring is 1. The molecule has 9 heteroatoms. The van der Waals surface area contributed by atoms with Crippen molar-refractivity contribution in [2.24, 2.45) is 0 Å². The lowest BCUT2D eigenvalue weighted by Gasteiger charge is -2.17. The van der Waals surface area contributed by atoms with Gasteiger partial charge in [-0.05, 0) is 31.9 Å². The second-order valence-corrected chi connectivity index (χ2v) is 8.13. The van der Waals surface area contributed by atoms with E-state index in [1.807, 2.05) is 49.9 Å². The zero-order valence-corrected chi connectivity index (χ0v) is 16.3. The molecule has 0 bridgehead atoms. The third kappa shape index (κ3) is 3.46. The van der Waals surface area contributed by atoms with Crippen LogP contribution < -0.4 is 16.2 Å². The average molecular weight is 383 g/mol. The summed E-state index contributed by atoms with van der Waals surface area (Å²) in [5, 5.41) is 1.21. The minimum Gasteiger partial charge on any atom is -0.368 e. The quantitative estimate of drug-likeness (QED) is 0.529. The van der Waals surface area contributed by atoms with Crippen molar-refractivity contribution in [1.82, 2.24) is 24.5 Å². The number of para-hydroxylation sites is 1. The molecule has 140 valence electrons. The van der Waals surface area contributed by atoms with E-state index < -0.39 is 0 Å². The van der Waals surface area contributed by atoms with E-state index in [4.69, 9.17) is 10.7 Å². The normalized spacial score (nSPS) is 15.1. The van der Waals surface area contributed by atoms with Gasteiger partial charge in [-0.1, -0.05) is 23.9 Å². The fraction of sp³-hybridized carbons (Fsp3) is 0.389. The molecule has 2 heterocycles. The van der Waals surface area contributed by atoms with Gasteiger partial charge in [0.2, 0.25) is 11.9 Å². The molecule has 1 atom stereocenters. The van der Waals surface area contributed by atoms with Crippen molar-refractivity contribution in [3.63, 3.8) is 0 Å². The highest BCUT2D eigenvalue weighted by atomic mass is 32.2. The Kier molecular flexibility index (Phi) is 4.47. The molecule has 0 amide bonds. The highest BCUT2D eigenvalue weighted by Crippen LogP contribution is 2.40. The number of aromatic nitrogens is 5. The van der Waals surface area contributed by atoms with Crippen molar-refractivity contribution in [3.05, 3.63) is 40.4 Å². The van der Waals surface area contributed by atoms with Crippen LogP contribution in [0.1, 0.15) is 36.9 Å². The summed E-state index contributed by atoms with van der Waals surface area (Å²) in [5.74, 6) is 1.26. The monoisotopic (exact) mass is 383 g/mol. The molecular formula is C18H21N7OS. The van der Waals surface area contributed by atoms with E-state index in [-0.39, 0.29) is 22.8 Å². The smallest absolute Gasteiger partial charge is 0.262 e. The van der Waals surface area contributed by atoms with E-state index in [9.17, 15) is 4.79 Å². The number of nitrogens with zero attached hydrogens (tertiary/aromatic N) is 6. The minimum atomic E-state index is -0.132. The molecule has 1 aliphatic rings. The summed E-state index contributed by atoms with van der Waals surface area (Å²) < 4.78 is 1.82. The predicted molar refractivity (Wildman–Crippen MR) is 107 cm³/mol. The molecule has 27 heavy (non-hydrogen) atoms. The number of rotatable bonds is 5. The van der Waals surface area contributed by atoms with Crippen LogP contribution in [0.4, 0.5) is 11.9 Å². The van der Waals surface area contributed by atoms with Crippen LogP contribution in [0.15, 0.2) is 34.2 Å². The van der Waals surface area contributed by atoms with E-state index in [0.717, 1.165) is 12.8 Å². The summed E-state index contributed by atoms with van der Waals surface area (Å²) in [6.45, 7) is 1.98. The fourth-order valence-electron chi connectivity index (χ4n) is 2.85. The summed E-state index contributed by atoms with van der Waals surface area (Å²) in [6.07, 6.45) is 2.01. The first-order valence-electron chi connectivity index (χ1n) is 8.80. The summed E-state index contributed by atoms with van der Waals surface area (Å²) >= 11 is 1.47. The lowest BCUT2D eigenvalue weighted by atomic mass is 10.2. The predicted octanol–water partition coefficient (Wildman–Crippen LogP) is 2.42. The Morgan fingerprint density at radius 3 is 2.63 bits per heavy atom. The maximum absolute atomic E-state index is 13.0. The van der Waals surface area contributed by atoms with Crippen LogP contribution in [-0.4, -0.2) is 38.6 Å². The van der Waals surface area contributed by atoms with Gasteiger partial charge in [0.05, 0.1) is 16.2 Å². The zero-order chi connectivity index (χ0) is 19.1. The summed E-state index contributed by atoms with van der Waals surface area (Å²) in [4.78, 5) is 32.4. The maximum atomic E-state index is 13.0. The number of hydrogen-bond acceptors (Lipinski definition) is 8. The fourth-order valence-corrected chi connectivity index (χ4v) is 3.88. The van der Waals surface area contributed by atoms with Crippen LogP contribution in [0.25, 0.3) is 10.9 Å². The van der Waals surface area contributed by atoms with Crippen molar-refractivity contribution in [3.8, 4) is 0 Å². The third-order valence-corrected chi connectivity index (χ3v) is 5.45. The summed E-state index contributed by atoms with van der Waals surface area (Å²) in [6, 6.07) is 7.69. The van der Waals surface area contributed by atoms with Crippen molar-refractivity contribution >= 4 is 34.6 Å². The van der Waals surface area contributed by atoms with Crippen LogP contribution in [0.3, 0.4) is 0 Å². The number of anilines is 2. The van der Waals surface area contributed by atoms with Gasteiger partial charge in [-0.15, -0.1) is 0 Å². The Bertz CT molecular complexity index is 1060. The minimum absolute atomic E-state index is 0.0157. The standard InChI is InChI=1S/C18H21N7OS/c1-10(14-21-16(19)23-17(22-14)24(2)3)27-18-20-13-7-5-4-6-12(13)15(26)25(18)11-8-9-11/h4-7,10-11H,8-9H2,1-3H3,(H2,19,21,22,23). The third-order valence-electron chi connectivity index (χ3n) is 4.39. The van der Waals surface area contributed by atoms with Crippen LogP contribution in [0.5, 0.6) is 0 Å². The molecule has 2 N–H and O–H groups in total. The Morgan fingerprint density at radius 2 is 1.93 bits per heavy atom. The van der Waals surface area contributed by atoms with E-state index in [1.165, 1.54) is 11.8 Å². The van der Waals surface area contributed by atoms with Crippen LogP contribution in [0, 0.1) is 0 Å². The molecule has 1 saturated carbocycles. The van der Waals surface area contributed by atoms with Gasteiger partial charge in [-0.2, -0.15) is 15.0 Å². The molecule has 3 aromatic rings. The van der Waals surface area contributed by atoms with Gasteiger partial charge in [-0.25, -0.2) is 4.98 Å². The lowest BCUT2D eigenvalue weighted by molar-refractivity contribution is 0.616. The number of benzene rings is 1. The van der Waals surface area contributed by atoms with Gasteiger partial charge in [0.1, 0.15) is 5.82 Å². The Morgan fingerprint density at radius 1 is 1.19 bits per heavy atom. The largest absolute Gasteiger partial charge is 0.368 e. The highest BCUT2D eigenvalue weighted by Gasteiger charge is 2.29. The molecule has 0 aliphatic heterocycles. The summed E-state index contributed by atoms with van der Waals surface area (Å²) in [7, 11) is 3.71. The SMILES string of the molecule is CC(Sc1nc2ccccc2c(=O)n1C1CC1)c1nc(N)nc(N(C)C)n1. The van der Waals surface area contributed by atoms with Crippen molar-refractivity contribution in [1.29, 1.82) is 0 Å². The van der Waals surface area contributed by atoms with E-state index >= 15 is 0 Å². The molecule has 0 saturated heterocycles. The average Bonchev–Trinajstić information content (AvgIpc) is 3.46. The number of hydrogen-bond donors (Lipinski definition) is 1. The molecule has 2 aromatic heterocycles. The molecule has 1 fully saturated rings. The molecular weight excluding hydrogens is 362 g/mol. The van der Waals surface area contributed by atoms with Gasteiger partial charge < -0.3 is 10.6 Å². The Hall–Kier alpha value is -2.68. The second kappa shape index (κ2) is 6.80. The first-order valence-corrected chi connectivity index (χ1v) is 9.68. The molecule has 1 aromatic carbocycles. The summed E-state index contributed by atoms with van der Waals surface area (Å²) in [5.41, 5.74) is 6.57. The Labute approximate surface area is 160 Å². The number of thioether (sulfide) groups is 1. The first kappa shape index (κ1) is 17.7. The van der Waals surface area contributed by atoms with Gasteiger partial charge in [0.25, 0.3) is 5.56 Å².